The Morgan fingerprint density at radius 3 is 2.56 bits per heavy atom. The number of amides is 2. The van der Waals surface area contributed by atoms with Gasteiger partial charge in [0, 0.05) is 17.9 Å². The maximum Gasteiger partial charge on any atom is 0.236 e. The lowest BCUT2D eigenvalue weighted by Gasteiger charge is -2.09. The number of rotatable bonds is 1. The van der Waals surface area contributed by atoms with E-state index in [2.05, 4.69) is 15.9 Å². The Hall–Kier alpha value is -1.23. The highest BCUT2D eigenvalue weighted by atomic mass is 79.9. The smallest absolute Gasteiger partial charge is 0.236 e. The van der Waals surface area contributed by atoms with Crippen LogP contribution in [0.3, 0.4) is 0 Å². The zero-order chi connectivity index (χ0) is 11.9. The summed E-state index contributed by atoms with van der Waals surface area (Å²) in [7, 11) is 1.44. The van der Waals surface area contributed by atoms with E-state index in [1.807, 2.05) is 0 Å². The molecule has 84 valence electrons. The zero-order valence-corrected chi connectivity index (χ0v) is 10.1. The number of carbonyl (C=O) groups is 2. The van der Waals surface area contributed by atoms with Gasteiger partial charge in [-0.15, -0.1) is 0 Å². The fraction of sp³-hybridized carbons (Fsp3) is 0.273. The number of nitrogens with zero attached hydrogens (tertiary/aromatic N) is 1. The van der Waals surface area contributed by atoms with Gasteiger partial charge >= 0.3 is 0 Å². The Bertz CT molecular complexity index is 455. The molecule has 5 heteroatoms. The van der Waals surface area contributed by atoms with Crippen molar-refractivity contribution in [3.05, 3.63) is 34.1 Å². The van der Waals surface area contributed by atoms with Gasteiger partial charge in [-0.25, -0.2) is 4.39 Å². The Balaban J connectivity index is 2.38. The molecule has 1 aromatic rings. The van der Waals surface area contributed by atoms with Crippen molar-refractivity contribution in [3.8, 4) is 0 Å². The Morgan fingerprint density at radius 1 is 1.38 bits per heavy atom. The average molecular weight is 286 g/mol. The number of hydrogen-bond acceptors (Lipinski definition) is 2. The lowest BCUT2D eigenvalue weighted by Crippen LogP contribution is -2.25. The summed E-state index contributed by atoms with van der Waals surface area (Å²) in [6.45, 7) is 0. The van der Waals surface area contributed by atoms with E-state index in [9.17, 15) is 14.0 Å². The van der Waals surface area contributed by atoms with Gasteiger partial charge in [-0.3, -0.25) is 14.5 Å². The van der Waals surface area contributed by atoms with Gasteiger partial charge in [-0.05, 0) is 23.8 Å². The summed E-state index contributed by atoms with van der Waals surface area (Å²) >= 11 is 3.16. The number of hydrogen-bond donors (Lipinski definition) is 0. The molecule has 16 heavy (non-hydrogen) atoms. The largest absolute Gasteiger partial charge is 0.285 e. The van der Waals surface area contributed by atoms with Gasteiger partial charge in [-0.2, -0.15) is 0 Å². The summed E-state index contributed by atoms with van der Waals surface area (Å²) in [6.07, 6.45) is 0.116. The third-order valence-electron chi connectivity index (χ3n) is 2.67. The highest BCUT2D eigenvalue weighted by molar-refractivity contribution is 9.10. The molecule has 1 aliphatic heterocycles. The average Bonchev–Trinajstić information content (AvgIpc) is 2.44. The van der Waals surface area contributed by atoms with Crippen molar-refractivity contribution in [2.45, 2.75) is 12.3 Å². The monoisotopic (exact) mass is 285 g/mol. The summed E-state index contributed by atoms with van der Waals surface area (Å²) in [6, 6.07) is 4.27. The molecule has 2 rings (SSSR count). The number of likely N-dealkylation sites (N-methyl/N-ethyl adjacent to an activating group) is 1. The second-order valence-electron chi connectivity index (χ2n) is 3.75. The van der Waals surface area contributed by atoms with Crippen molar-refractivity contribution < 1.29 is 14.0 Å². The molecule has 0 aromatic heterocycles. The second-order valence-corrected chi connectivity index (χ2v) is 4.67. The fourth-order valence-electron chi connectivity index (χ4n) is 1.79. The normalized spacial score (nSPS) is 20.7. The van der Waals surface area contributed by atoms with Gasteiger partial charge in [0.15, 0.2) is 0 Å². The molecule has 0 spiro atoms. The first-order chi connectivity index (χ1) is 7.49. The minimum absolute atomic E-state index is 0.116. The van der Waals surface area contributed by atoms with Crippen LogP contribution in [0.15, 0.2) is 22.7 Å². The molecular formula is C11H9BrFNO2. The van der Waals surface area contributed by atoms with Crippen molar-refractivity contribution in [2.75, 3.05) is 7.05 Å². The minimum atomic E-state index is -0.551. The molecule has 1 aliphatic rings. The van der Waals surface area contributed by atoms with Gasteiger partial charge in [0.25, 0.3) is 0 Å². The van der Waals surface area contributed by atoms with Crippen molar-refractivity contribution in [3.63, 3.8) is 0 Å². The van der Waals surface area contributed by atoms with E-state index in [0.717, 1.165) is 4.90 Å². The highest BCUT2D eigenvalue weighted by Crippen LogP contribution is 2.30. The lowest BCUT2D eigenvalue weighted by atomic mass is 9.97. The third-order valence-corrected chi connectivity index (χ3v) is 3.13. The predicted octanol–water partition coefficient (Wildman–Crippen LogP) is 2.06. The summed E-state index contributed by atoms with van der Waals surface area (Å²) < 4.78 is 13.7. The van der Waals surface area contributed by atoms with Gasteiger partial charge < -0.3 is 0 Å². The van der Waals surface area contributed by atoms with Crippen LogP contribution >= 0.6 is 15.9 Å². The first-order valence-corrected chi connectivity index (χ1v) is 5.54. The molecular weight excluding hydrogens is 277 g/mol. The van der Waals surface area contributed by atoms with E-state index >= 15 is 0 Å². The fourth-order valence-corrected chi connectivity index (χ4v) is 2.28. The number of halogens is 2. The van der Waals surface area contributed by atoms with Crippen LogP contribution in [-0.2, 0) is 9.59 Å². The Labute approximate surface area is 100 Å². The maximum absolute atomic E-state index is 13.2. The number of benzene rings is 1. The molecule has 0 aliphatic carbocycles. The van der Waals surface area contributed by atoms with Crippen LogP contribution in [0.25, 0.3) is 0 Å². The molecule has 0 saturated carbocycles. The molecule has 0 bridgehead atoms. The molecule has 2 amide bonds. The van der Waals surface area contributed by atoms with Crippen LogP contribution < -0.4 is 0 Å². The molecule has 1 saturated heterocycles. The molecule has 1 fully saturated rings. The van der Waals surface area contributed by atoms with Crippen LogP contribution in [0.2, 0.25) is 0 Å². The number of carbonyl (C=O) groups excluding carboxylic acids is 2. The SMILES string of the molecule is CN1C(=O)CC(c2cc(F)cc(Br)c2)C1=O. The molecule has 1 unspecified atom stereocenters. The topological polar surface area (TPSA) is 37.4 Å². The van der Waals surface area contributed by atoms with Crippen molar-refractivity contribution >= 4 is 27.7 Å². The standard InChI is InChI=1S/C11H9BrFNO2/c1-14-10(15)5-9(11(14)16)6-2-7(12)4-8(13)3-6/h2-4,9H,5H2,1H3. The number of likely N-dealkylation sites (tertiary alicyclic amines) is 1. The van der Waals surface area contributed by atoms with E-state index in [0.29, 0.717) is 10.0 Å². The Kier molecular flexibility index (Phi) is 2.80. The summed E-state index contributed by atoms with van der Waals surface area (Å²) in [5.41, 5.74) is 0.537. The van der Waals surface area contributed by atoms with Gasteiger partial charge in [0.05, 0.1) is 5.92 Å². The first kappa shape index (κ1) is 11.3. The second kappa shape index (κ2) is 3.97. The lowest BCUT2D eigenvalue weighted by molar-refractivity contribution is -0.137. The first-order valence-electron chi connectivity index (χ1n) is 4.75. The highest BCUT2D eigenvalue weighted by Gasteiger charge is 2.37. The Morgan fingerprint density at radius 2 is 2.06 bits per heavy atom. The van der Waals surface area contributed by atoms with E-state index < -0.39 is 11.7 Å². The summed E-state index contributed by atoms with van der Waals surface area (Å²) in [5.74, 6) is -1.47. The van der Waals surface area contributed by atoms with Crippen LogP contribution in [0.5, 0.6) is 0 Å². The molecule has 0 radical (unpaired) electrons. The van der Waals surface area contributed by atoms with E-state index in [-0.39, 0.29) is 18.2 Å². The maximum atomic E-state index is 13.2. The molecule has 3 nitrogen and oxygen atoms in total. The van der Waals surface area contributed by atoms with Crippen LogP contribution in [0.4, 0.5) is 4.39 Å². The minimum Gasteiger partial charge on any atom is -0.285 e. The zero-order valence-electron chi connectivity index (χ0n) is 8.54. The van der Waals surface area contributed by atoms with E-state index in [4.69, 9.17) is 0 Å². The van der Waals surface area contributed by atoms with Gasteiger partial charge in [0.1, 0.15) is 5.82 Å². The van der Waals surface area contributed by atoms with Crippen LogP contribution in [0.1, 0.15) is 17.9 Å². The van der Waals surface area contributed by atoms with Gasteiger partial charge in [-0.1, -0.05) is 15.9 Å². The van der Waals surface area contributed by atoms with E-state index in [1.165, 1.54) is 19.2 Å². The molecule has 1 atom stereocenters. The van der Waals surface area contributed by atoms with Gasteiger partial charge in [0.2, 0.25) is 11.8 Å². The summed E-state index contributed by atoms with van der Waals surface area (Å²) in [5, 5.41) is 0. The summed E-state index contributed by atoms with van der Waals surface area (Å²) in [4.78, 5) is 24.1. The van der Waals surface area contributed by atoms with Crippen molar-refractivity contribution in [1.82, 2.24) is 4.90 Å². The molecule has 0 N–H and O–H groups in total. The van der Waals surface area contributed by atoms with Crippen LogP contribution in [-0.4, -0.2) is 23.8 Å². The third kappa shape index (κ3) is 1.87. The number of imide groups is 1. The molecule has 1 aromatic carbocycles. The predicted molar refractivity (Wildman–Crippen MR) is 59.2 cm³/mol. The van der Waals surface area contributed by atoms with Crippen LogP contribution in [0, 0.1) is 5.82 Å². The quantitative estimate of drug-likeness (QED) is 0.741. The molecule has 1 heterocycles. The van der Waals surface area contributed by atoms with Crippen molar-refractivity contribution in [2.24, 2.45) is 0 Å². The van der Waals surface area contributed by atoms with Crippen molar-refractivity contribution in [1.29, 1.82) is 0 Å². The van der Waals surface area contributed by atoms with E-state index in [1.54, 1.807) is 6.07 Å².